The van der Waals surface area contributed by atoms with Crippen LogP contribution in [0.3, 0.4) is 0 Å². The fraction of sp³-hybridized carbons (Fsp3) is 0.0435. The van der Waals surface area contributed by atoms with Crippen molar-refractivity contribution in [3.63, 3.8) is 0 Å². The van der Waals surface area contributed by atoms with Crippen LogP contribution in [0.2, 0.25) is 0 Å². The predicted molar refractivity (Wildman–Crippen MR) is 200 cm³/mol. The summed E-state index contributed by atoms with van der Waals surface area (Å²) in [4.78, 5) is 0. The topological polar surface area (TPSA) is 66.7 Å². The normalized spacial score (nSPS) is 18.8. The van der Waals surface area contributed by atoms with Crippen molar-refractivity contribution in [2.45, 2.75) is 11.2 Å². The Bertz CT molecular complexity index is 2780. The Morgan fingerprint density at radius 1 is 0.300 bits per heavy atom. The van der Waals surface area contributed by atoms with Crippen molar-refractivity contribution in [3.8, 4) is 0 Å². The van der Waals surface area contributed by atoms with E-state index in [1.54, 1.807) is 0 Å². The summed E-state index contributed by atoms with van der Waals surface area (Å²) < 4.78 is 12.9. The van der Waals surface area contributed by atoms with Crippen molar-refractivity contribution in [1.82, 2.24) is 0 Å². The number of hydrogen-bond acceptors (Lipinski definition) is 4. The largest absolute Gasteiger partial charge is 0.455 e. The van der Waals surface area contributed by atoms with Crippen LogP contribution in [-0.4, -0.2) is 10.2 Å². The van der Waals surface area contributed by atoms with Gasteiger partial charge in [0.05, 0.1) is 0 Å². The summed E-state index contributed by atoms with van der Waals surface area (Å²) in [5.41, 5.74) is 3.89. The summed E-state index contributed by atoms with van der Waals surface area (Å²) in [5, 5.41) is 34.7. The first kappa shape index (κ1) is 27.7. The Kier molecular flexibility index (Phi) is 5.38. The van der Waals surface area contributed by atoms with Gasteiger partial charge in [-0.1, -0.05) is 133 Å². The molecule has 0 aliphatic heterocycles. The minimum atomic E-state index is -1.62. The van der Waals surface area contributed by atoms with E-state index >= 15 is 0 Å². The number of furan rings is 2. The molecule has 8 aromatic carbocycles. The maximum atomic E-state index is 13.6. The van der Waals surface area contributed by atoms with Gasteiger partial charge in [-0.05, 0) is 57.3 Å². The van der Waals surface area contributed by atoms with Gasteiger partial charge in [0.15, 0.2) is 0 Å². The van der Waals surface area contributed by atoms with E-state index in [9.17, 15) is 10.2 Å². The standard InChI is InChI=1S/C46H28O4/c47-45(39-25-33-29-15-5-11-23-41(29)49-43(33)31-17-3-1-13-27(31)39)35-19-7-9-21-37(35)46(48,38-22-10-8-20-36(38)45)40-26-34-30-16-6-12-24-42(30)50-44(34)32-18-4-2-14-28(32)40/h1-26,47-48H. The Hall–Kier alpha value is -6.20. The molecule has 10 aromatic rings. The molecule has 0 fully saturated rings. The molecule has 2 heterocycles. The average Bonchev–Trinajstić information content (AvgIpc) is 3.75. The van der Waals surface area contributed by atoms with Crippen LogP contribution in [0.1, 0.15) is 33.4 Å². The lowest BCUT2D eigenvalue weighted by atomic mass is 9.62. The van der Waals surface area contributed by atoms with Gasteiger partial charge >= 0.3 is 0 Å². The van der Waals surface area contributed by atoms with Crippen LogP contribution in [0, 0.1) is 0 Å². The van der Waals surface area contributed by atoms with Gasteiger partial charge in [-0.3, -0.25) is 0 Å². The number of benzene rings is 8. The van der Waals surface area contributed by atoms with E-state index in [4.69, 9.17) is 8.83 Å². The van der Waals surface area contributed by atoms with Gasteiger partial charge in [0.2, 0.25) is 0 Å². The highest BCUT2D eigenvalue weighted by Crippen LogP contribution is 2.56. The van der Waals surface area contributed by atoms with E-state index in [-0.39, 0.29) is 0 Å². The molecule has 50 heavy (non-hydrogen) atoms. The molecule has 11 rings (SSSR count). The first-order valence-electron chi connectivity index (χ1n) is 16.9. The molecule has 0 bridgehead atoms. The lowest BCUT2D eigenvalue weighted by Gasteiger charge is -2.45. The second kappa shape index (κ2) is 9.70. The molecular weight excluding hydrogens is 617 g/mol. The van der Waals surface area contributed by atoms with Gasteiger partial charge in [0, 0.05) is 43.4 Å². The second-order valence-electron chi connectivity index (χ2n) is 13.4. The molecule has 2 aromatic heterocycles. The van der Waals surface area contributed by atoms with E-state index in [0.29, 0.717) is 22.3 Å². The highest BCUT2D eigenvalue weighted by molar-refractivity contribution is 6.17. The summed E-state index contributed by atoms with van der Waals surface area (Å²) in [6, 6.07) is 52.0. The summed E-state index contributed by atoms with van der Waals surface area (Å²) in [7, 11) is 0. The number of hydrogen-bond donors (Lipinski definition) is 2. The monoisotopic (exact) mass is 644 g/mol. The van der Waals surface area contributed by atoms with Crippen LogP contribution in [0.5, 0.6) is 0 Å². The molecule has 4 heteroatoms. The van der Waals surface area contributed by atoms with Crippen LogP contribution in [0.25, 0.3) is 65.4 Å². The average molecular weight is 645 g/mol. The van der Waals surface area contributed by atoms with Gasteiger partial charge in [-0.2, -0.15) is 0 Å². The third-order valence-electron chi connectivity index (χ3n) is 11.0. The molecule has 4 nitrogen and oxygen atoms in total. The highest BCUT2D eigenvalue weighted by atomic mass is 16.3. The summed E-state index contributed by atoms with van der Waals surface area (Å²) in [5.74, 6) is 0. The zero-order chi connectivity index (χ0) is 33.2. The van der Waals surface area contributed by atoms with Gasteiger partial charge in [-0.15, -0.1) is 0 Å². The third kappa shape index (κ3) is 3.36. The zero-order valence-electron chi connectivity index (χ0n) is 26.7. The molecular formula is C46H28O4. The Labute approximate surface area is 286 Å². The van der Waals surface area contributed by atoms with Crippen LogP contribution in [0.15, 0.2) is 167 Å². The number of fused-ring (bicyclic) bond motifs is 12. The summed E-state index contributed by atoms with van der Waals surface area (Å²) in [6.45, 7) is 0. The third-order valence-corrected chi connectivity index (χ3v) is 11.0. The number of para-hydroxylation sites is 2. The smallest absolute Gasteiger partial charge is 0.143 e. The molecule has 236 valence electrons. The van der Waals surface area contributed by atoms with Gasteiger partial charge in [-0.25, -0.2) is 0 Å². The minimum absolute atomic E-state index is 0.625. The van der Waals surface area contributed by atoms with Crippen molar-refractivity contribution in [1.29, 1.82) is 0 Å². The summed E-state index contributed by atoms with van der Waals surface area (Å²) >= 11 is 0. The molecule has 2 N–H and O–H groups in total. The van der Waals surface area contributed by atoms with E-state index in [1.165, 1.54) is 0 Å². The molecule has 0 atom stereocenters. The molecule has 0 amide bonds. The van der Waals surface area contributed by atoms with E-state index < -0.39 is 11.2 Å². The molecule has 1 aliphatic rings. The van der Waals surface area contributed by atoms with Crippen molar-refractivity contribution < 1.29 is 19.0 Å². The summed E-state index contributed by atoms with van der Waals surface area (Å²) in [6.07, 6.45) is 0. The fourth-order valence-electron chi connectivity index (χ4n) is 8.79. The Morgan fingerprint density at radius 3 is 0.980 bits per heavy atom. The maximum absolute atomic E-state index is 13.6. The van der Waals surface area contributed by atoms with Crippen LogP contribution < -0.4 is 0 Å². The van der Waals surface area contributed by atoms with Gasteiger partial charge in [0.25, 0.3) is 0 Å². The maximum Gasteiger partial charge on any atom is 0.143 e. The van der Waals surface area contributed by atoms with Crippen molar-refractivity contribution in [3.05, 3.63) is 191 Å². The fourth-order valence-corrected chi connectivity index (χ4v) is 8.79. The molecule has 1 aliphatic carbocycles. The van der Waals surface area contributed by atoms with Crippen LogP contribution in [0.4, 0.5) is 0 Å². The molecule has 0 saturated heterocycles. The Balaban J connectivity index is 1.28. The van der Waals surface area contributed by atoms with Gasteiger partial charge < -0.3 is 19.0 Å². The molecule has 0 unspecified atom stereocenters. The lowest BCUT2D eigenvalue weighted by Crippen LogP contribution is -2.44. The number of aliphatic hydroxyl groups is 2. The van der Waals surface area contributed by atoms with Crippen molar-refractivity contribution in [2.75, 3.05) is 0 Å². The molecule has 0 radical (unpaired) electrons. The van der Waals surface area contributed by atoms with Gasteiger partial charge in [0.1, 0.15) is 33.5 Å². The lowest BCUT2D eigenvalue weighted by molar-refractivity contribution is 0.0765. The molecule has 0 spiro atoms. The van der Waals surface area contributed by atoms with Crippen LogP contribution >= 0.6 is 0 Å². The predicted octanol–water partition coefficient (Wildman–Crippen LogP) is 10.7. The van der Waals surface area contributed by atoms with Crippen LogP contribution in [-0.2, 0) is 11.2 Å². The number of rotatable bonds is 2. The van der Waals surface area contributed by atoms with Crippen molar-refractivity contribution >= 4 is 65.4 Å². The van der Waals surface area contributed by atoms with E-state index in [0.717, 1.165) is 76.5 Å². The SMILES string of the molecule is OC1(c2cc3c4ccccc4oc3c3ccccc23)c2ccccc2C(O)(c2cc3c4ccccc4oc3c3ccccc23)c2ccccc21. The minimum Gasteiger partial charge on any atom is -0.455 e. The highest BCUT2D eigenvalue weighted by Gasteiger charge is 2.52. The Morgan fingerprint density at radius 2 is 0.600 bits per heavy atom. The second-order valence-corrected chi connectivity index (χ2v) is 13.4. The van der Waals surface area contributed by atoms with Crippen molar-refractivity contribution in [2.24, 2.45) is 0 Å². The van der Waals surface area contributed by atoms with E-state index in [1.807, 2.05) is 121 Å². The zero-order valence-corrected chi connectivity index (χ0v) is 26.7. The first-order valence-corrected chi connectivity index (χ1v) is 16.9. The van der Waals surface area contributed by atoms with E-state index in [2.05, 4.69) is 36.4 Å². The molecule has 0 saturated carbocycles. The quantitative estimate of drug-likeness (QED) is 0.197. The first-order chi connectivity index (χ1) is 24.6.